The van der Waals surface area contributed by atoms with E-state index in [0.29, 0.717) is 6.04 Å². The molecule has 1 atom stereocenters. The van der Waals surface area contributed by atoms with Crippen molar-refractivity contribution in [2.75, 3.05) is 7.05 Å². The standard InChI is InChI=1S/C13H17BrN2/c1-4-16-12-6-5-11(14)7-10(12)8-13(16)9(2)15-3/h5-9,15H,4H2,1-3H3. The quantitative estimate of drug-likeness (QED) is 0.907. The van der Waals surface area contributed by atoms with E-state index in [4.69, 9.17) is 0 Å². The van der Waals surface area contributed by atoms with Gasteiger partial charge in [-0.25, -0.2) is 0 Å². The number of nitrogens with one attached hydrogen (secondary N) is 1. The number of nitrogens with zero attached hydrogens (tertiary/aromatic N) is 1. The number of hydrogen-bond acceptors (Lipinski definition) is 1. The second kappa shape index (κ2) is 4.60. The number of hydrogen-bond donors (Lipinski definition) is 1. The molecule has 0 aliphatic carbocycles. The minimum Gasteiger partial charge on any atom is -0.343 e. The Labute approximate surface area is 105 Å². The Bertz CT molecular complexity index is 502. The minimum atomic E-state index is 0.381. The van der Waals surface area contributed by atoms with Gasteiger partial charge in [0.05, 0.1) is 0 Å². The molecule has 1 unspecified atom stereocenters. The summed E-state index contributed by atoms with van der Waals surface area (Å²) in [4.78, 5) is 0. The van der Waals surface area contributed by atoms with Crippen LogP contribution in [-0.4, -0.2) is 11.6 Å². The average Bonchev–Trinajstić information content (AvgIpc) is 2.65. The lowest BCUT2D eigenvalue weighted by atomic mass is 10.2. The Hall–Kier alpha value is -0.800. The van der Waals surface area contributed by atoms with Crippen molar-refractivity contribution in [2.24, 2.45) is 0 Å². The van der Waals surface area contributed by atoms with Crippen LogP contribution in [0.3, 0.4) is 0 Å². The maximum Gasteiger partial charge on any atom is 0.0483 e. The highest BCUT2D eigenvalue weighted by atomic mass is 79.9. The number of halogens is 1. The van der Waals surface area contributed by atoms with Crippen molar-refractivity contribution in [1.82, 2.24) is 9.88 Å². The van der Waals surface area contributed by atoms with Crippen molar-refractivity contribution >= 4 is 26.8 Å². The van der Waals surface area contributed by atoms with Crippen molar-refractivity contribution in [3.8, 4) is 0 Å². The molecule has 0 fully saturated rings. The van der Waals surface area contributed by atoms with Crippen LogP contribution in [0.15, 0.2) is 28.7 Å². The molecule has 0 saturated heterocycles. The predicted molar refractivity (Wildman–Crippen MR) is 72.8 cm³/mol. The van der Waals surface area contributed by atoms with Crippen molar-refractivity contribution in [1.29, 1.82) is 0 Å². The summed E-state index contributed by atoms with van der Waals surface area (Å²) in [6.45, 7) is 5.38. The predicted octanol–water partition coefficient (Wildman–Crippen LogP) is 3.70. The highest BCUT2D eigenvalue weighted by molar-refractivity contribution is 9.10. The SMILES string of the molecule is CCn1c(C(C)NC)cc2cc(Br)ccc21. The van der Waals surface area contributed by atoms with Crippen LogP contribution in [0.5, 0.6) is 0 Å². The molecule has 0 radical (unpaired) electrons. The first-order valence-electron chi connectivity index (χ1n) is 5.63. The summed E-state index contributed by atoms with van der Waals surface area (Å²) in [5.41, 5.74) is 2.65. The first kappa shape index (κ1) is 11.7. The van der Waals surface area contributed by atoms with E-state index in [1.54, 1.807) is 0 Å². The topological polar surface area (TPSA) is 17.0 Å². The number of aromatic nitrogens is 1. The van der Waals surface area contributed by atoms with Gasteiger partial charge in [0.25, 0.3) is 0 Å². The van der Waals surface area contributed by atoms with Crippen LogP contribution in [0, 0.1) is 0 Å². The lowest BCUT2D eigenvalue weighted by molar-refractivity contribution is 0.589. The van der Waals surface area contributed by atoms with E-state index in [-0.39, 0.29) is 0 Å². The molecular weight excluding hydrogens is 264 g/mol. The van der Waals surface area contributed by atoms with E-state index in [1.807, 2.05) is 7.05 Å². The summed E-state index contributed by atoms with van der Waals surface area (Å²) < 4.78 is 3.50. The zero-order valence-electron chi connectivity index (χ0n) is 9.92. The van der Waals surface area contributed by atoms with Gasteiger partial charge in [-0.3, -0.25) is 0 Å². The molecule has 0 aliphatic rings. The highest BCUT2D eigenvalue weighted by Gasteiger charge is 2.12. The van der Waals surface area contributed by atoms with Crippen LogP contribution in [0.4, 0.5) is 0 Å². The fraction of sp³-hybridized carbons (Fsp3) is 0.385. The molecule has 2 rings (SSSR count). The third-order valence-electron chi connectivity index (χ3n) is 3.09. The van der Waals surface area contributed by atoms with Crippen LogP contribution in [0.25, 0.3) is 10.9 Å². The number of fused-ring (bicyclic) bond motifs is 1. The summed E-state index contributed by atoms with van der Waals surface area (Å²) in [6, 6.07) is 9.10. The zero-order chi connectivity index (χ0) is 11.7. The molecule has 0 bridgehead atoms. The normalized spacial score (nSPS) is 13.2. The summed E-state index contributed by atoms with van der Waals surface area (Å²) in [5.74, 6) is 0. The van der Waals surface area contributed by atoms with E-state index in [0.717, 1.165) is 11.0 Å². The number of rotatable bonds is 3. The van der Waals surface area contributed by atoms with Gasteiger partial charge in [0.15, 0.2) is 0 Å². The monoisotopic (exact) mass is 280 g/mol. The van der Waals surface area contributed by atoms with Crippen LogP contribution in [0.1, 0.15) is 25.6 Å². The molecule has 1 N–H and O–H groups in total. The number of aryl methyl sites for hydroxylation is 1. The Morgan fingerprint density at radius 3 is 2.75 bits per heavy atom. The lowest BCUT2D eigenvalue weighted by Gasteiger charge is -2.13. The van der Waals surface area contributed by atoms with Crippen LogP contribution in [0.2, 0.25) is 0 Å². The van der Waals surface area contributed by atoms with Crippen molar-refractivity contribution in [3.63, 3.8) is 0 Å². The first-order valence-corrected chi connectivity index (χ1v) is 6.42. The molecule has 3 heteroatoms. The van der Waals surface area contributed by atoms with E-state index < -0.39 is 0 Å². The third kappa shape index (κ3) is 1.89. The first-order chi connectivity index (χ1) is 7.67. The van der Waals surface area contributed by atoms with Gasteiger partial charge in [0.1, 0.15) is 0 Å². The summed E-state index contributed by atoms with van der Waals surface area (Å²) >= 11 is 3.52. The molecule has 1 heterocycles. The molecule has 16 heavy (non-hydrogen) atoms. The largest absolute Gasteiger partial charge is 0.343 e. The van der Waals surface area contributed by atoms with E-state index >= 15 is 0 Å². The Morgan fingerprint density at radius 1 is 1.38 bits per heavy atom. The van der Waals surface area contributed by atoms with E-state index in [9.17, 15) is 0 Å². The van der Waals surface area contributed by atoms with Gasteiger partial charge in [-0.1, -0.05) is 15.9 Å². The smallest absolute Gasteiger partial charge is 0.0483 e. The second-order valence-electron chi connectivity index (χ2n) is 4.03. The van der Waals surface area contributed by atoms with Crippen molar-refractivity contribution in [2.45, 2.75) is 26.4 Å². The summed E-state index contributed by atoms with van der Waals surface area (Å²) in [5, 5.41) is 4.60. The third-order valence-corrected chi connectivity index (χ3v) is 3.58. The van der Waals surface area contributed by atoms with Crippen molar-refractivity contribution < 1.29 is 0 Å². The Balaban J connectivity index is 2.65. The Morgan fingerprint density at radius 2 is 2.12 bits per heavy atom. The molecule has 0 aliphatic heterocycles. The number of benzene rings is 1. The lowest BCUT2D eigenvalue weighted by Crippen LogP contribution is -2.16. The maximum absolute atomic E-state index is 3.52. The van der Waals surface area contributed by atoms with Crippen LogP contribution in [-0.2, 0) is 6.54 Å². The molecule has 2 nitrogen and oxygen atoms in total. The molecule has 1 aromatic heterocycles. The van der Waals surface area contributed by atoms with Crippen LogP contribution < -0.4 is 5.32 Å². The highest BCUT2D eigenvalue weighted by Crippen LogP contribution is 2.26. The molecular formula is C13H17BrN2. The Kier molecular flexibility index (Phi) is 3.36. The van der Waals surface area contributed by atoms with E-state index in [2.05, 4.69) is 63.9 Å². The van der Waals surface area contributed by atoms with Gasteiger partial charge in [0, 0.05) is 33.7 Å². The fourth-order valence-corrected chi connectivity index (χ4v) is 2.50. The second-order valence-corrected chi connectivity index (χ2v) is 4.94. The van der Waals surface area contributed by atoms with Gasteiger partial charge in [0.2, 0.25) is 0 Å². The molecule has 2 aromatic rings. The van der Waals surface area contributed by atoms with Crippen LogP contribution >= 0.6 is 15.9 Å². The van der Waals surface area contributed by atoms with Gasteiger partial charge >= 0.3 is 0 Å². The van der Waals surface area contributed by atoms with Gasteiger partial charge in [-0.15, -0.1) is 0 Å². The minimum absolute atomic E-state index is 0.381. The molecule has 0 saturated carbocycles. The van der Waals surface area contributed by atoms with E-state index in [1.165, 1.54) is 16.6 Å². The molecule has 0 spiro atoms. The maximum atomic E-state index is 3.52. The molecule has 1 aromatic carbocycles. The van der Waals surface area contributed by atoms with Gasteiger partial charge in [-0.2, -0.15) is 0 Å². The zero-order valence-corrected chi connectivity index (χ0v) is 11.5. The average molecular weight is 281 g/mol. The van der Waals surface area contributed by atoms with Gasteiger partial charge in [-0.05, 0) is 45.2 Å². The molecule has 86 valence electrons. The summed E-state index contributed by atoms with van der Waals surface area (Å²) in [7, 11) is 2.00. The molecule has 0 amide bonds. The summed E-state index contributed by atoms with van der Waals surface area (Å²) in [6.07, 6.45) is 0. The van der Waals surface area contributed by atoms with Crippen molar-refractivity contribution in [3.05, 3.63) is 34.4 Å². The van der Waals surface area contributed by atoms with Gasteiger partial charge < -0.3 is 9.88 Å². The fourth-order valence-electron chi connectivity index (χ4n) is 2.12.